The monoisotopic (exact) mass is 822 g/mol. The summed E-state index contributed by atoms with van der Waals surface area (Å²) in [5.74, 6) is 0. The first-order valence-electron chi connectivity index (χ1n) is 13.4. The molecule has 0 saturated carbocycles. The number of benzene rings is 6. The molecule has 0 saturated heterocycles. The van der Waals surface area contributed by atoms with Crippen molar-refractivity contribution in [2.45, 2.75) is 0 Å². The van der Waals surface area contributed by atoms with Crippen LogP contribution in [0.25, 0.3) is 0 Å². The second kappa shape index (κ2) is 21.5. The van der Waals surface area contributed by atoms with Crippen LogP contribution in [0.5, 0.6) is 0 Å². The molecule has 43 heavy (non-hydrogen) atoms. The summed E-state index contributed by atoms with van der Waals surface area (Å²) >= 11 is -3.65. The van der Waals surface area contributed by atoms with E-state index in [4.69, 9.17) is 9.59 Å². The molecule has 0 heterocycles. The summed E-state index contributed by atoms with van der Waals surface area (Å²) in [6, 6.07) is 65.8. The van der Waals surface area contributed by atoms with Gasteiger partial charge in [-0.15, -0.1) is 0 Å². The quantitative estimate of drug-likeness (QED) is 0.238. The van der Waals surface area contributed by atoms with Crippen LogP contribution < -0.4 is 21.1 Å². The van der Waals surface area contributed by atoms with Crippen molar-refractivity contribution in [1.29, 1.82) is 0 Å². The summed E-state index contributed by atoms with van der Waals surface area (Å²) in [4.78, 5) is 16.0. The predicted octanol–water partition coefficient (Wildman–Crippen LogP) is 4.03. The van der Waals surface area contributed by atoms with E-state index in [0.29, 0.717) is 0 Å². The van der Waals surface area contributed by atoms with E-state index in [2.05, 4.69) is 182 Å². The average molecular weight is 825 g/mol. The molecule has 0 aliphatic rings. The molecule has 0 bridgehead atoms. The van der Waals surface area contributed by atoms with Crippen molar-refractivity contribution in [3.8, 4) is 0 Å². The minimum atomic E-state index is -1.83. The fourth-order valence-corrected chi connectivity index (χ4v) is 17.5. The molecule has 0 amide bonds. The summed E-state index contributed by atoms with van der Waals surface area (Å²) in [6.07, 6.45) is 0. The van der Waals surface area contributed by atoms with Crippen LogP contribution in [0.1, 0.15) is 0 Å². The number of hydrogen-bond acceptors (Lipinski definition) is 2. The van der Waals surface area contributed by atoms with E-state index < -0.39 is 40.4 Å². The molecule has 6 aromatic carbocycles. The van der Waals surface area contributed by atoms with Crippen molar-refractivity contribution in [3.63, 3.8) is 0 Å². The Balaban J connectivity index is 0.000000264. The summed E-state index contributed by atoms with van der Waals surface area (Å²) in [7, 11) is 0. The Morgan fingerprint density at radius 2 is 0.372 bits per heavy atom. The Hall–Kier alpha value is -3.21. The van der Waals surface area contributed by atoms with E-state index in [0.717, 1.165) is 0 Å². The summed E-state index contributed by atoms with van der Waals surface area (Å²) in [6.45, 7) is 4.00. The molecule has 0 atom stereocenters. The second-order valence-electron chi connectivity index (χ2n) is 8.68. The first kappa shape index (κ1) is 36.0. The molecule has 0 aromatic heterocycles. The van der Waals surface area contributed by atoms with Crippen LogP contribution in [0.15, 0.2) is 182 Å². The molecule has 5 heteroatoms. The molecule has 2 nitrogen and oxygen atoms in total. The third kappa shape index (κ3) is 11.1. The van der Waals surface area contributed by atoms with Gasteiger partial charge < -0.3 is 9.59 Å². The minimum absolute atomic E-state index is 0. The van der Waals surface area contributed by atoms with E-state index >= 15 is 0 Å². The third-order valence-corrected chi connectivity index (χ3v) is 20.0. The van der Waals surface area contributed by atoms with Crippen molar-refractivity contribution < 1.29 is 26.1 Å². The van der Waals surface area contributed by atoms with Gasteiger partial charge in [0, 0.05) is 16.5 Å². The van der Waals surface area contributed by atoms with Crippen LogP contribution in [0.3, 0.4) is 0 Å². The van der Waals surface area contributed by atoms with E-state index in [9.17, 15) is 0 Å². The van der Waals surface area contributed by atoms with Gasteiger partial charge in [-0.1, -0.05) is 0 Å². The number of hydrogen-bond donors (Lipinski definition) is 0. The molecule has 0 aliphatic heterocycles. The van der Waals surface area contributed by atoms with Gasteiger partial charge in [0.1, 0.15) is 13.6 Å². The molecule has 0 aliphatic carbocycles. The van der Waals surface area contributed by atoms with E-state index in [-0.39, 0.29) is 16.5 Å². The zero-order valence-corrected chi connectivity index (χ0v) is 29.9. The first-order chi connectivity index (χ1) is 20.9. The van der Waals surface area contributed by atoms with Gasteiger partial charge in [-0.3, -0.25) is 0 Å². The molecular weight excluding hydrogens is 791 g/mol. The van der Waals surface area contributed by atoms with Crippen molar-refractivity contribution in [1.82, 2.24) is 0 Å². The molecule has 6 aromatic rings. The molecule has 0 spiro atoms. The zero-order chi connectivity index (χ0) is 29.8. The SMILES string of the molecule is C=O.C=O.[Ni].c1cc[c]([Sb]([c]2ccccc2)[c]2ccccc2)cc1.c1cc[c]([Sb]([c]2ccccc2)[c]2ccccc2)cc1. The standard InChI is InChI=1S/6C6H5.2CH2O.Ni.2Sb/c6*1-2-4-6-5-3-1;2*1-2;;;/h6*1-5H;2*1H2;;;. The Bertz CT molecular complexity index is 1220. The van der Waals surface area contributed by atoms with E-state index in [1.807, 2.05) is 13.6 Å². The fourth-order valence-electron chi connectivity index (χ4n) is 4.36. The van der Waals surface area contributed by atoms with Crippen molar-refractivity contribution in [3.05, 3.63) is 182 Å². The number of carbonyl (C=O) groups excluding carboxylic acids is 2. The average Bonchev–Trinajstić information content (AvgIpc) is 3.10. The maximum atomic E-state index is 8.00. The molecular formula is C38H34NiO2Sb2. The van der Waals surface area contributed by atoms with Crippen molar-refractivity contribution in [2.75, 3.05) is 0 Å². The predicted molar refractivity (Wildman–Crippen MR) is 182 cm³/mol. The second-order valence-corrected chi connectivity index (χ2v) is 21.4. The fraction of sp³-hybridized carbons (Fsp3) is 0. The van der Waals surface area contributed by atoms with Gasteiger partial charge in [0.2, 0.25) is 0 Å². The van der Waals surface area contributed by atoms with Gasteiger partial charge in [-0.2, -0.15) is 0 Å². The van der Waals surface area contributed by atoms with Crippen LogP contribution in [-0.2, 0) is 26.1 Å². The van der Waals surface area contributed by atoms with Gasteiger partial charge in [-0.05, 0) is 0 Å². The van der Waals surface area contributed by atoms with Gasteiger partial charge in [-0.25, -0.2) is 0 Å². The van der Waals surface area contributed by atoms with Gasteiger partial charge in [0.25, 0.3) is 0 Å². The number of carbonyl (C=O) groups is 2. The molecule has 0 unspecified atom stereocenters. The van der Waals surface area contributed by atoms with Crippen molar-refractivity contribution >= 4 is 75.1 Å². The van der Waals surface area contributed by atoms with Gasteiger partial charge >= 0.3 is 243 Å². The van der Waals surface area contributed by atoms with Crippen molar-refractivity contribution in [2.24, 2.45) is 0 Å². The topological polar surface area (TPSA) is 34.1 Å². The Labute approximate surface area is 280 Å². The summed E-state index contributed by atoms with van der Waals surface area (Å²) in [5.41, 5.74) is 0. The Kier molecular flexibility index (Phi) is 18.0. The Morgan fingerprint density at radius 3 is 0.488 bits per heavy atom. The van der Waals surface area contributed by atoms with Crippen LogP contribution in [0.4, 0.5) is 0 Å². The molecule has 0 N–H and O–H groups in total. The van der Waals surface area contributed by atoms with Gasteiger partial charge in [0.05, 0.1) is 0 Å². The van der Waals surface area contributed by atoms with Crippen LogP contribution in [0.2, 0.25) is 0 Å². The Morgan fingerprint density at radius 1 is 0.256 bits per heavy atom. The molecule has 218 valence electrons. The zero-order valence-electron chi connectivity index (χ0n) is 23.8. The summed E-state index contributed by atoms with van der Waals surface area (Å²) < 4.78 is 9.10. The third-order valence-electron chi connectivity index (χ3n) is 6.09. The summed E-state index contributed by atoms with van der Waals surface area (Å²) in [5, 5.41) is 0. The normalized spacial score (nSPS) is 9.53. The molecule has 6 rings (SSSR count). The molecule has 0 radical (unpaired) electrons. The maximum absolute atomic E-state index is 8.00. The van der Waals surface area contributed by atoms with Gasteiger partial charge in [0.15, 0.2) is 0 Å². The van der Waals surface area contributed by atoms with Crippen LogP contribution in [0, 0.1) is 0 Å². The van der Waals surface area contributed by atoms with E-state index in [1.54, 1.807) is 0 Å². The van der Waals surface area contributed by atoms with E-state index in [1.165, 1.54) is 21.1 Å². The number of rotatable bonds is 6. The van der Waals surface area contributed by atoms with Crippen LogP contribution >= 0.6 is 0 Å². The van der Waals surface area contributed by atoms with Crippen LogP contribution in [-0.4, -0.2) is 54.0 Å². The molecule has 0 fully saturated rings. The first-order valence-corrected chi connectivity index (χ1v) is 21.0.